The molecule has 1 saturated heterocycles. The number of carbonyl (C=O) groups excluding carboxylic acids is 1. The lowest BCUT2D eigenvalue weighted by molar-refractivity contribution is 0.0254. The quantitative estimate of drug-likeness (QED) is 0.838. The van der Waals surface area contributed by atoms with Crippen LogP contribution < -0.4 is 0 Å². The topological polar surface area (TPSA) is 51.1 Å². The fourth-order valence-electron chi connectivity index (χ4n) is 2.98. The Balaban J connectivity index is 1.72. The molecule has 3 rings (SSSR count). The molecule has 5 nitrogen and oxygen atoms in total. The molecule has 2 unspecified atom stereocenters. The second kappa shape index (κ2) is 6.22. The summed E-state index contributed by atoms with van der Waals surface area (Å²) in [5.41, 5.74) is 0.652. The number of hydrogen-bond donors (Lipinski definition) is 0. The Hall–Kier alpha value is -2.04. The van der Waals surface area contributed by atoms with Gasteiger partial charge in [0.25, 0.3) is 0 Å². The van der Waals surface area contributed by atoms with Gasteiger partial charge in [0.1, 0.15) is 24.3 Å². The Kier molecular flexibility index (Phi) is 4.28. The van der Waals surface area contributed by atoms with Gasteiger partial charge in [0.2, 0.25) is 5.90 Å². The molecular weight excluding hydrogens is 292 g/mol. The van der Waals surface area contributed by atoms with Crippen molar-refractivity contribution >= 4 is 12.0 Å². The molecule has 0 N–H and O–H groups in total. The first kappa shape index (κ1) is 15.8. The first-order valence-electron chi connectivity index (χ1n) is 8.19. The predicted molar refractivity (Wildman–Crippen MR) is 88.5 cm³/mol. The summed E-state index contributed by atoms with van der Waals surface area (Å²) < 4.78 is 11.3. The van der Waals surface area contributed by atoms with Gasteiger partial charge in [0.05, 0.1) is 0 Å². The number of amides is 1. The van der Waals surface area contributed by atoms with Crippen LogP contribution in [0.1, 0.15) is 45.2 Å². The highest BCUT2D eigenvalue weighted by atomic mass is 16.6. The molecule has 0 bridgehead atoms. The van der Waals surface area contributed by atoms with Crippen molar-refractivity contribution in [3.05, 3.63) is 35.9 Å². The van der Waals surface area contributed by atoms with Crippen LogP contribution in [0.3, 0.4) is 0 Å². The highest BCUT2D eigenvalue weighted by molar-refractivity contribution is 5.87. The summed E-state index contributed by atoms with van der Waals surface area (Å²) in [6.07, 6.45) is 1.54. The third kappa shape index (κ3) is 3.66. The van der Waals surface area contributed by atoms with Crippen LogP contribution in [0.4, 0.5) is 4.79 Å². The van der Waals surface area contributed by atoms with Crippen LogP contribution in [0.25, 0.3) is 0 Å². The minimum atomic E-state index is -0.491. The van der Waals surface area contributed by atoms with Gasteiger partial charge in [-0.3, -0.25) is 4.90 Å². The van der Waals surface area contributed by atoms with Crippen molar-refractivity contribution in [3.63, 3.8) is 0 Å². The van der Waals surface area contributed by atoms with Gasteiger partial charge in [-0.1, -0.05) is 30.3 Å². The van der Waals surface area contributed by atoms with Gasteiger partial charge in [-0.15, -0.1) is 0 Å². The molecule has 1 fully saturated rings. The Morgan fingerprint density at radius 2 is 2.04 bits per heavy atom. The van der Waals surface area contributed by atoms with Crippen LogP contribution in [0, 0.1) is 0 Å². The van der Waals surface area contributed by atoms with Gasteiger partial charge < -0.3 is 9.47 Å². The van der Waals surface area contributed by atoms with E-state index in [1.807, 2.05) is 39.0 Å². The van der Waals surface area contributed by atoms with Gasteiger partial charge in [0.15, 0.2) is 0 Å². The molecular formula is C18H24N2O3. The van der Waals surface area contributed by atoms with Crippen LogP contribution in [-0.4, -0.2) is 41.7 Å². The van der Waals surface area contributed by atoms with E-state index in [0.29, 0.717) is 19.0 Å². The molecule has 1 aromatic carbocycles. The molecule has 0 aromatic heterocycles. The third-order valence-electron chi connectivity index (χ3n) is 4.02. The molecule has 0 saturated carbocycles. The molecule has 0 spiro atoms. The number of ether oxygens (including phenoxy) is 2. The number of nitrogens with zero attached hydrogens (tertiary/aromatic N) is 2. The summed E-state index contributed by atoms with van der Waals surface area (Å²) in [5.74, 6) is 0.669. The lowest BCUT2D eigenvalue weighted by Gasteiger charge is -2.28. The molecule has 2 atom stereocenters. The maximum Gasteiger partial charge on any atom is 0.410 e. The van der Waals surface area contributed by atoms with E-state index in [-0.39, 0.29) is 18.2 Å². The Bertz CT molecular complexity index is 592. The van der Waals surface area contributed by atoms with Gasteiger partial charge in [-0.05, 0) is 39.2 Å². The number of rotatable bonds is 2. The highest BCUT2D eigenvalue weighted by Gasteiger charge is 2.38. The molecule has 2 aliphatic rings. The standard InChI is InChI=1S/C18H24N2O3/c1-18(2,3)23-17(21)20-11-7-10-15(20)16-19-14(12-22-16)13-8-5-4-6-9-13/h4-6,8-9,14-15H,7,10-12H2,1-3H3. The average Bonchev–Trinajstić information content (AvgIpc) is 3.15. The molecule has 0 aliphatic carbocycles. The van der Waals surface area contributed by atoms with E-state index in [9.17, 15) is 4.79 Å². The number of hydrogen-bond acceptors (Lipinski definition) is 4. The van der Waals surface area contributed by atoms with E-state index >= 15 is 0 Å². The molecule has 23 heavy (non-hydrogen) atoms. The first-order valence-corrected chi connectivity index (χ1v) is 8.19. The van der Waals surface area contributed by atoms with E-state index in [2.05, 4.69) is 12.1 Å². The molecule has 124 valence electrons. The average molecular weight is 316 g/mol. The molecule has 0 radical (unpaired) electrons. The maximum atomic E-state index is 12.4. The van der Waals surface area contributed by atoms with Crippen LogP contribution in [0.15, 0.2) is 35.3 Å². The Morgan fingerprint density at radius 1 is 1.30 bits per heavy atom. The highest BCUT2D eigenvalue weighted by Crippen LogP contribution is 2.29. The SMILES string of the molecule is CC(C)(C)OC(=O)N1CCCC1C1=NC(c2ccccc2)CO1. The molecule has 1 amide bonds. The smallest absolute Gasteiger partial charge is 0.410 e. The fraction of sp³-hybridized carbons (Fsp3) is 0.556. The van der Waals surface area contributed by atoms with Crippen LogP contribution in [0.5, 0.6) is 0 Å². The summed E-state index contributed by atoms with van der Waals surface area (Å²) in [5, 5.41) is 0. The Labute approximate surface area is 137 Å². The summed E-state index contributed by atoms with van der Waals surface area (Å²) in [4.78, 5) is 18.8. The summed E-state index contributed by atoms with van der Waals surface area (Å²) in [6, 6.07) is 10.0. The van der Waals surface area contributed by atoms with Crippen molar-refractivity contribution in [2.75, 3.05) is 13.2 Å². The summed E-state index contributed by atoms with van der Waals surface area (Å²) in [7, 11) is 0. The normalized spacial score (nSPS) is 24.3. The van der Waals surface area contributed by atoms with Crippen molar-refractivity contribution in [1.82, 2.24) is 4.90 Å². The summed E-state index contributed by atoms with van der Waals surface area (Å²) >= 11 is 0. The number of benzene rings is 1. The number of likely N-dealkylation sites (tertiary alicyclic amines) is 1. The predicted octanol–water partition coefficient (Wildman–Crippen LogP) is 3.56. The maximum absolute atomic E-state index is 12.4. The van der Waals surface area contributed by atoms with Crippen molar-refractivity contribution in [2.24, 2.45) is 4.99 Å². The minimum absolute atomic E-state index is 0.0206. The zero-order valence-electron chi connectivity index (χ0n) is 14.0. The molecule has 2 aliphatic heterocycles. The fourth-order valence-corrected chi connectivity index (χ4v) is 2.98. The van der Waals surface area contributed by atoms with Gasteiger partial charge in [-0.2, -0.15) is 0 Å². The van der Waals surface area contributed by atoms with Gasteiger partial charge in [-0.25, -0.2) is 9.79 Å². The van der Waals surface area contributed by atoms with Gasteiger partial charge in [0, 0.05) is 6.54 Å². The van der Waals surface area contributed by atoms with E-state index in [1.165, 1.54) is 0 Å². The zero-order chi connectivity index (χ0) is 16.4. The Morgan fingerprint density at radius 3 is 2.74 bits per heavy atom. The largest absolute Gasteiger partial charge is 0.477 e. The summed E-state index contributed by atoms with van der Waals surface area (Å²) in [6.45, 7) is 6.87. The first-order chi connectivity index (χ1) is 10.9. The van der Waals surface area contributed by atoms with Crippen LogP contribution in [0.2, 0.25) is 0 Å². The molecule has 5 heteroatoms. The number of carbonyl (C=O) groups is 1. The van der Waals surface area contributed by atoms with Gasteiger partial charge >= 0.3 is 6.09 Å². The van der Waals surface area contributed by atoms with Crippen LogP contribution >= 0.6 is 0 Å². The lowest BCUT2D eigenvalue weighted by atomic mass is 10.1. The van der Waals surface area contributed by atoms with E-state index < -0.39 is 5.60 Å². The van der Waals surface area contributed by atoms with E-state index in [4.69, 9.17) is 14.5 Å². The minimum Gasteiger partial charge on any atom is -0.477 e. The lowest BCUT2D eigenvalue weighted by Crippen LogP contribution is -2.43. The second-order valence-electron chi connectivity index (χ2n) is 7.04. The van der Waals surface area contributed by atoms with Crippen molar-refractivity contribution < 1.29 is 14.3 Å². The molecule has 1 aromatic rings. The number of aliphatic imine (C=N–C) groups is 1. The van der Waals surface area contributed by atoms with Crippen LogP contribution in [-0.2, 0) is 9.47 Å². The third-order valence-corrected chi connectivity index (χ3v) is 4.02. The van der Waals surface area contributed by atoms with Crippen molar-refractivity contribution in [1.29, 1.82) is 0 Å². The zero-order valence-corrected chi connectivity index (χ0v) is 14.0. The van der Waals surface area contributed by atoms with E-state index in [0.717, 1.165) is 18.4 Å². The van der Waals surface area contributed by atoms with E-state index in [1.54, 1.807) is 4.90 Å². The van der Waals surface area contributed by atoms with Crippen molar-refractivity contribution in [3.8, 4) is 0 Å². The monoisotopic (exact) mass is 316 g/mol. The van der Waals surface area contributed by atoms with Crippen molar-refractivity contribution in [2.45, 2.75) is 51.3 Å². The molecule has 2 heterocycles. The second-order valence-corrected chi connectivity index (χ2v) is 7.04.